The molecular formula is C19H25FN2O3. The van der Waals surface area contributed by atoms with Gasteiger partial charge in [0.2, 0.25) is 5.91 Å². The van der Waals surface area contributed by atoms with E-state index >= 15 is 0 Å². The lowest BCUT2D eigenvalue weighted by Gasteiger charge is -2.36. The fraction of sp³-hybridized carbons (Fsp3) is 0.579. The number of rotatable bonds is 5. The molecule has 0 bridgehead atoms. The van der Waals surface area contributed by atoms with Crippen LogP contribution in [0.2, 0.25) is 0 Å². The van der Waals surface area contributed by atoms with Gasteiger partial charge in [-0.05, 0) is 56.8 Å². The number of carboxylic acids is 1. The van der Waals surface area contributed by atoms with Crippen molar-refractivity contribution < 1.29 is 19.1 Å². The van der Waals surface area contributed by atoms with Crippen LogP contribution in [0, 0.1) is 11.7 Å². The van der Waals surface area contributed by atoms with Gasteiger partial charge in [-0.15, -0.1) is 0 Å². The van der Waals surface area contributed by atoms with Gasteiger partial charge in [-0.1, -0.05) is 6.07 Å². The molecule has 2 fully saturated rings. The van der Waals surface area contributed by atoms with Gasteiger partial charge in [0.1, 0.15) is 5.82 Å². The summed E-state index contributed by atoms with van der Waals surface area (Å²) in [5, 5.41) is 8.90. The Balaban J connectivity index is 1.49. The smallest absolute Gasteiger partial charge is 0.335 e. The molecule has 0 spiro atoms. The van der Waals surface area contributed by atoms with Crippen LogP contribution in [-0.4, -0.2) is 53.0 Å². The summed E-state index contributed by atoms with van der Waals surface area (Å²) >= 11 is 0. The van der Waals surface area contributed by atoms with Crippen LogP contribution in [0.5, 0.6) is 0 Å². The van der Waals surface area contributed by atoms with Crippen molar-refractivity contribution in [1.29, 1.82) is 0 Å². The lowest BCUT2D eigenvalue weighted by Crippen LogP contribution is -2.42. The van der Waals surface area contributed by atoms with Gasteiger partial charge in [0.25, 0.3) is 0 Å². The fourth-order valence-corrected chi connectivity index (χ4v) is 3.74. The average molecular weight is 348 g/mol. The van der Waals surface area contributed by atoms with Crippen LogP contribution in [0.4, 0.5) is 4.39 Å². The molecule has 1 aromatic carbocycles. The Hall–Kier alpha value is -1.95. The van der Waals surface area contributed by atoms with Gasteiger partial charge < -0.3 is 10.0 Å². The summed E-state index contributed by atoms with van der Waals surface area (Å²) in [5.41, 5.74) is 0.515. The number of likely N-dealkylation sites (tertiary alicyclic amines) is 2. The van der Waals surface area contributed by atoms with Gasteiger partial charge in [-0.2, -0.15) is 0 Å². The molecule has 0 atom stereocenters. The number of aromatic carboxylic acids is 1. The van der Waals surface area contributed by atoms with Gasteiger partial charge in [0.05, 0.1) is 5.56 Å². The Kier molecular flexibility index (Phi) is 5.68. The second-order valence-electron chi connectivity index (χ2n) is 7.13. The average Bonchev–Trinajstić information content (AvgIpc) is 2.60. The van der Waals surface area contributed by atoms with Gasteiger partial charge in [0.15, 0.2) is 0 Å². The first kappa shape index (κ1) is 17.9. The Morgan fingerprint density at radius 3 is 2.60 bits per heavy atom. The molecule has 2 aliphatic heterocycles. The molecule has 0 radical (unpaired) electrons. The molecule has 0 saturated carbocycles. The van der Waals surface area contributed by atoms with Gasteiger partial charge in [-0.3, -0.25) is 9.69 Å². The highest BCUT2D eigenvalue weighted by Gasteiger charge is 2.25. The summed E-state index contributed by atoms with van der Waals surface area (Å²) < 4.78 is 14.1. The number of carbonyl (C=O) groups excluding carboxylic acids is 1. The van der Waals surface area contributed by atoms with E-state index in [1.54, 1.807) is 6.07 Å². The molecule has 0 aromatic heterocycles. The van der Waals surface area contributed by atoms with Crippen molar-refractivity contribution in [2.75, 3.05) is 26.2 Å². The second kappa shape index (κ2) is 7.95. The molecule has 2 heterocycles. The maximum atomic E-state index is 14.1. The summed E-state index contributed by atoms with van der Waals surface area (Å²) in [6.07, 6.45) is 4.83. The molecule has 1 aromatic rings. The molecule has 0 unspecified atom stereocenters. The van der Waals surface area contributed by atoms with E-state index in [4.69, 9.17) is 5.11 Å². The van der Waals surface area contributed by atoms with Crippen LogP contribution in [0.3, 0.4) is 0 Å². The van der Waals surface area contributed by atoms with Crippen LogP contribution in [0.1, 0.15) is 48.0 Å². The third-order valence-electron chi connectivity index (χ3n) is 5.30. The molecular weight excluding hydrogens is 323 g/mol. The van der Waals surface area contributed by atoms with E-state index < -0.39 is 11.8 Å². The third-order valence-corrected chi connectivity index (χ3v) is 5.30. The molecule has 6 heteroatoms. The number of amides is 1. The van der Waals surface area contributed by atoms with E-state index in [9.17, 15) is 14.0 Å². The van der Waals surface area contributed by atoms with E-state index in [-0.39, 0.29) is 11.5 Å². The van der Waals surface area contributed by atoms with E-state index in [1.807, 2.05) is 4.90 Å². The molecule has 2 saturated heterocycles. The minimum Gasteiger partial charge on any atom is -0.478 e. The number of hydrogen-bond donors (Lipinski definition) is 1. The van der Waals surface area contributed by atoms with Crippen LogP contribution < -0.4 is 0 Å². The molecule has 1 amide bonds. The number of halogens is 1. The van der Waals surface area contributed by atoms with E-state index in [0.29, 0.717) is 24.4 Å². The summed E-state index contributed by atoms with van der Waals surface area (Å²) in [6.45, 7) is 4.01. The van der Waals surface area contributed by atoms with Gasteiger partial charge in [0, 0.05) is 31.6 Å². The number of carbonyl (C=O) groups is 2. The van der Waals surface area contributed by atoms with Crippen LogP contribution >= 0.6 is 0 Å². The number of benzene rings is 1. The normalized spacial score (nSPS) is 20.0. The van der Waals surface area contributed by atoms with Crippen LogP contribution in [0.25, 0.3) is 0 Å². The zero-order chi connectivity index (χ0) is 17.8. The SMILES string of the molecule is O=C(O)c1ccc(CN2CCC(CN3CCCCC3=O)CC2)c(F)c1. The predicted molar refractivity (Wildman–Crippen MR) is 91.8 cm³/mol. The first-order valence-corrected chi connectivity index (χ1v) is 9.05. The Labute approximate surface area is 147 Å². The molecule has 136 valence electrons. The molecule has 5 nitrogen and oxygen atoms in total. The molecule has 1 N–H and O–H groups in total. The molecule has 2 aliphatic rings. The first-order valence-electron chi connectivity index (χ1n) is 9.05. The quantitative estimate of drug-likeness (QED) is 0.889. The van der Waals surface area contributed by atoms with Crippen molar-refractivity contribution in [3.63, 3.8) is 0 Å². The van der Waals surface area contributed by atoms with Gasteiger partial charge in [-0.25, -0.2) is 9.18 Å². The van der Waals surface area contributed by atoms with Gasteiger partial charge >= 0.3 is 5.97 Å². The molecule has 25 heavy (non-hydrogen) atoms. The van der Waals surface area contributed by atoms with Crippen molar-refractivity contribution in [2.24, 2.45) is 5.92 Å². The van der Waals surface area contributed by atoms with Crippen LogP contribution in [-0.2, 0) is 11.3 Å². The monoisotopic (exact) mass is 348 g/mol. The molecule has 3 rings (SSSR count). The van der Waals surface area contributed by atoms with E-state index in [2.05, 4.69) is 4.90 Å². The summed E-state index contributed by atoms with van der Waals surface area (Å²) in [7, 11) is 0. The third kappa shape index (κ3) is 4.57. The Morgan fingerprint density at radius 1 is 1.20 bits per heavy atom. The summed E-state index contributed by atoms with van der Waals surface area (Å²) in [4.78, 5) is 27.0. The predicted octanol–water partition coefficient (Wildman–Crippen LogP) is 2.75. The standard InChI is InChI=1S/C19H25FN2O3/c20-17-11-15(19(24)25)4-5-16(17)13-21-9-6-14(7-10-21)12-22-8-2-1-3-18(22)23/h4-5,11,14H,1-3,6-10,12-13H2,(H,24,25). The maximum Gasteiger partial charge on any atom is 0.335 e. The minimum absolute atomic E-state index is 0.0221. The minimum atomic E-state index is -1.11. The lowest BCUT2D eigenvalue weighted by atomic mass is 9.94. The largest absolute Gasteiger partial charge is 0.478 e. The first-order chi connectivity index (χ1) is 12.0. The van der Waals surface area contributed by atoms with E-state index in [1.165, 1.54) is 6.07 Å². The van der Waals surface area contributed by atoms with Crippen molar-refractivity contribution in [2.45, 2.75) is 38.6 Å². The van der Waals surface area contributed by atoms with Crippen molar-refractivity contribution >= 4 is 11.9 Å². The summed E-state index contributed by atoms with van der Waals surface area (Å²) in [6, 6.07) is 4.11. The Morgan fingerprint density at radius 2 is 1.96 bits per heavy atom. The zero-order valence-electron chi connectivity index (χ0n) is 14.4. The molecule has 0 aliphatic carbocycles. The highest BCUT2D eigenvalue weighted by atomic mass is 19.1. The number of piperidine rings is 2. The number of nitrogens with zero attached hydrogens (tertiary/aromatic N) is 2. The highest BCUT2D eigenvalue weighted by Crippen LogP contribution is 2.23. The second-order valence-corrected chi connectivity index (χ2v) is 7.13. The fourth-order valence-electron chi connectivity index (χ4n) is 3.74. The van der Waals surface area contributed by atoms with Crippen molar-refractivity contribution in [3.8, 4) is 0 Å². The lowest BCUT2D eigenvalue weighted by molar-refractivity contribution is -0.134. The highest BCUT2D eigenvalue weighted by molar-refractivity contribution is 5.87. The topological polar surface area (TPSA) is 60.9 Å². The maximum absolute atomic E-state index is 14.1. The number of carboxylic acid groups (broad SMARTS) is 1. The Bertz CT molecular complexity index is 642. The van der Waals surface area contributed by atoms with Crippen LogP contribution in [0.15, 0.2) is 18.2 Å². The number of hydrogen-bond acceptors (Lipinski definition) is 3. The van der Waals surface area contributed by atoms with Crippen molar-refractivity contribution in [1.82, 2.24) is 9.80 Å². The summed E-state index contributed by atoms with van der Waals surface area (Å²) in [5.74, 6) is -0.758. The van der Waals surface area contributed by atoms with Crippen molar-refractivity contribution in [3.05, 3.63) is 35.1 Å². The zero-order valence-corrected chi connectivity index (χ0v) is 14.4. The van der Waals surface area contributed by atoms with E-state index in [0.717, 1.165) is 57.9 Å².